The van der Waals surface area contributed by atoms with Gasteiger partial charge in [0, 0.05) is 43.8 Å². The quantitative estimate of drug-likeness (QED) is 0.677. The maximum Gasteiger partial charge on any atom is 0.232 e. The summed E-state index contributed by atoms with van der Waals surface area (Å²) in [5.41, 5.74) is 0.986. The Morgan fingerprint density at radius 3 is 2.37 bits per heavy atom. The number of hydrogen-bond donors (Lipinski definition) is 2. The van der Waals surface area contributed by atoms with E-state index in [-0.39, 0.29) is 0 Å². The van der Waals surface area contributed by atoms with E-state index >= 15 is 0 Å². The van der Waals surface area contributed by atoms with Crippen LogP contribution >= 0.6 is 23.8 Å². The molecule has 2 aliphatic heterocycles. The van der Waals surface area contributed by atoms with Gasteiger partial charge in [0.25, 0.3) is 0 Å². The first kappa shape index (κ1) is 21.1. The van der Waals surface area contributed by atoms with Crippen LogP contribution in [-0.4, -0.2) is 54.5 Å². The minimum Gasteiger partial charge on any atom is -0.378 e. The Bertz CT molecular complexity index is 834. The van der Waals surface area contributed by atoms with Gasteiger partial charge in [0.1, 0.15) is 11.6 Å². The Kier molecular flexibility index (Phi) is 7.20. The van der Waals surface area contributed by atoms with Gasteiger partial charge in [-0.05, 0) is 43.1 Å². The lowest BCUT2D eigenvalue weighted by atomic mass is 10.1. The van der Waals surface area contributed by atoms with Crippen LogP contribution in [-0.2, 0) is 11.3 Å². The number of nitrogens with one attached hydrogen (secondary N) is 2. The molecule has 160 valence electrons. The highest BCUT2D eigenvalue weighted by atomic mass is 35.5. The molecule has 2 saturated heterocycles. The number of anilines is 3. The molecule has 2 aliphatic rings. The second-order valence-electron chi connectivity index (χ2n) is 7.45. The van der Waals surface area contributed by atoms with E-state index in [0.717, 1.165) is 43.4 Å². The van der Waals surface area contributed by atoms with Crippen LogP contribution in [0.15, 0.2) is 30.3 Å². The van der Waals surface area contributed by atoms with Gasteiger partial charge in [-0.15, -0.1) is 0 Å². The van der Waals surface area contributed by atoms with Crippen molar-refractivity contribution >= 4 is 46.5 Å². The second-order valence-corrected chi connectivity index (χ2v) is 8.27. The maximum atomic E-state index is 6.23. The average molecular weight is 447 g/mol. The SMILES string of the molecule is S=C(NCc1ccccc1Cl)Nc1nc(N2CCCCC2)cc(N2CCOCC2)n1. The molecule has 0 bridgehead atoms. The van der Waals surface area contributed by atoms with Crippen LogP contribution in [0.2, 0.25) is 5.02 Å². The van der Waals surface area contributed by atoms with E-state index in [4.69, 9.17) is 38.5 Å². The lowest BCUT2D eigenvalue weighted by molar-refractivity contribution is 0.122. The number of aromatic nitrogens is 2. The van der Waals surface area contributed by atoms with Crippen LogP contribution in [0, 0.1) is 0 Å². The molecular weight excluding hydrogens is 420 g/mol. The van der Waals surface area contributed by atoms with Gasteiger partial charge in [-0.2, -0.15) is 9.97 Å². The number of hydrogen-bond acceptors (Lipinski definition) is 6. The summed E-state index contributed by atoms with van der Waals surface area (Å²) in [7, 11) is 0. The van der Waals surface area contributed by atoms with Crippen LogP contribution in [0.25, 0.3) is 0 Å². The van der Waals surface area contributed by atoms with E-state index in [9.17, 15) is 0 Å². The van der Waals surface area contributed by atoms with Gasteiger partial charge in [-0.1, -0.05) is 29.8 Å². The van der Waals surface area contributed by atoms with Crippen molar-refractivity contribution in [1.29, 1.82) is 0 Å². The first-order valence-electron chi connectivity index (χ1n) is 10.4. The third-order valence-electron chi connectivity index (χ3n) is 5.34. The van der Waals surface area contributed by atoms with Crippen molar-refractivity contribution < 1.29 is 4.74 Å². The fourth-order valence-corrected chi connectivity index (χ4v) is 4.05. The molecule has 4 rings (SSSR count). The van der Waals surface area contributed by atoms with Gasteiger partial charge >= 0.3 is 0 Å². The van der Waals surface area contributed by atoms with Gasteiger partial charge in [0.05, 0.1) is 13.2 Å². The molecule has 0 unspecified atom stereocenters. The molecule has 7 nitrogen and oxygen atoms in total. The summed E-state index contributed by atoms with van der Waals surface area (Å²) in [5.74, 6) is 2.36. The van der Waals surface area contributed by atoms with Crippen LogP contribution in [0.1, 0.15) is 24.8 Å². The van der Waals surface area contributed by atoms with E-state index < -0.39 is 0 Å². The molecule has 0 radical (unpaired) electrons. The minimum absolute atomic E-state index is 0.471. The molecule has 2 fully saturated rings. The zero-order chi connectivity index (χ0) is 20.8. The first-order valence-corrected chi connectivity index (χ1v) is 11.2. The predicted octanol–water partition coefficient (Wildman–Crippen LogP) is 3.44. The van der Waals surface area contributed by atoms with E-state index in [1.54, 1.807) is 0 Å². The molecule has 0 aliphatic carbocycles. The van der Waals surface area contributed by atoms with Crippen molar-refractivity contribution in [2.24, 2.45) is 0 Å². The number of nitrogens with zero attached hydrogens (tertiary/aromatic N) is 4. The minimum atomic E-state index is 0.471. The smallest absolute Gasteiger partial charge is 0.232 e. The Morgan fingerprint density at radius 2 is 1.67 bits per heavy atom. The molecule has 1 aromatic heterocycles. The van der Waals surface area contributed by atoms with Crippen molar-refractivity contribution in [3.63, 3.8) is 0 Å². The zero-order valence-corrected chi connectivity index (χ0v) is 18.5. The van der Waals surface area contributed by atoms with Crippen molar-refractivity contribution in [3.8, 4) is 0 Å². The lowest BCUT2D eigenvalue weighted by Crippen LogP contribution is -2.38. The highest BCUT2D eigenvalue weighted by molar-refractivity contribution is 7.80. The summed E-state index contributed by atoms with van der Waals surface area (Å²) in [5, 5.41) is 7.54. The number of benzene rings is 1. The Hall–Kier alpha value is -2.16. The summed E-state index contributed by atoms with van der Waals surface area (Å²) >= 11 is 11.7. The summed E-state index contributed by atoms with van der Waals surface area (Å²) in [6.07, 6.45) is 3.66. The first-order chi connectivity index (χ1) is 14.7. The molecule has 0 amide bonds. The zero-order valence-electron chi connectivity index (χ0n) is 16.9. The largest absolute Gasteiger partial charge is 0.378 e. The molecule has 30 heavy (non-hydrogen) atoms. The number of thiocarbonyl (C=S) groups is 1. The summed E-state index contributed by atoms with van der Waals surface area (Å²) in [6, 6.07) is 9.80. The van der Waals surface area contributed by atoms with Crippen LogP contribution in [0.3, 0.4) is 0 Å². The Morgan fingerprint density at radius 1 is 1.00 bits per heavy atom. The number of rotatable bonds is 5. The molecule has 0 atom stereocenters. The normalized spacial score (nSPS) is 17.0. The van der Waals surface area contributed by atoms with Crippen molar-refractivity contribution in [3.05, 3.63) is 40.9 Å². The van der Waals surface area contributed by atoms with E-state index in [1.807, 2.05) is 24.3 Å². The van der Waals surface area contributed by atoms with Crippen molar-refractivity contribution in [2.75, 3.05) is 54.5 Å². The van der Waals surface area contributed by atoms with Crippen LogP contribution in [0.5, 0.6) is 0 Å². The highest BCUT2D eigenvalue weighted by Gasteiger charge is 2.19. The molecule has 0 saturated carbocycles. The fourth-order valence-electron chi connectivity index (χ4n) is 3.68. The number of ether oxygens (including phenoxy) is 1. The Labute approximate surface area is 187 Å². The Balaban J connectivity index is 1.48. The summed E-state index contributed by atoms with van der Waals surface area (Å²) in [4.78, 5) is 14.1. The number of morpholine rings is 1. The second kappa shape index (κ2) is 10.2. The van der Waals surface area contributed by atoms with Gasteiger partial charge in [0.2, 0.25) is 5.95 Å². The van der Waals surface area contributed by atoms with Gasteiger partial charge in [0.15, 0.2) is 5.11 Å². The van der Waals surface area contributed by atoms with Crippen LogP contribution < -0.4 is 20.4 Å². The molecule has 2 aromatic rings. The third kappa shape index (κ3) is 5.50. The molecule has 0 spiro atoms. The van der Waals surface area contributed by atoms with Gasteiger partial charge in [-0.3, -0.25) is 0 Å². The molecular formula is C21H27ClN6OS. The van der Waals surface area contributed by atoms with E-state index in [1.165, 1.54) is 19.3 Å². The standard InChI is InChI=1S/C21H27ClN6OS/c22-17-7-3-2-6-16(17)15-23-21(30)26-20-24-18(27-8-4-1-5-9-27)14-19(25-20)28-10-12-29-13-11-28/h2-3,6-7,14H,1,4-5,8-13,15H2,(H2,23,24,25,26,30). The van der Waals surface area contributed by atoms with Gasteiger partial charge < -0.3 is 25.2 Å². The fraction of sp³-hybridized carbons (Fsp3) is 0.476. The van der Waals surface area contributed by atoms with Crippen molar-refractivity contribution in [2.45, 2.75) is 25.8 Å². The average Bonchev–Trinajstić information content (AvgIpc) is 2.79. The lowest BCUT2D eigenvalue weighted by Gasteiger charge is -2.31. The highest BCUT2D eigenvalue weighted by Crippen LogP contribution is 2.24. The van der Waals surface area contributed by atoms with E-state index in [2.05, 4.69) is 26.5 Å². The maximum absolute atomic E-state index is 6.23. The van der Waals surface area contributed by atoms with Crippen molar-refractivity contribution in [1.82, 2.24) is 15.3 Å². The number of halogens is 1. The molecule has 2 N–H and O–H groups in total. The number of piperidine rings is 1. The van der Waals surface area contributed by atoms with Gasteiger partial charge in [-0.25, -0.2) is 0 Å². The summed E-state index contributed by atoms with van der Waals surface area (Å²) < 4.78 is 5.49. The van der Waals surface area contributed by atoms with Crippen LogP contribution in [0.4, 0.5) is 17.6 Å². The summed E-state index contributed by atoms with van der Waals surface area (Å²) in [6.45, 7) is 5.65. The molecule has 3 heterocycles. The monoisotopic (exact) mass is 446 g/mol. The van der Waals surface area contributed by atoms with E-state index in [0.29, 0.717) is 35.8 Å². The molecule has 9 heteroatoms. The predicted molar refractivity (Wildman–Crippen MR) is 126 cm³/mol. The topological polar surface area (TPSA) is 65.6 Å². The third-order valence-corrected chi connectivity index (χ3v) is 5.95. The molecule has 1 aromatic carbocycles.